The summed E-state index contributed by atoms with van der Waals surface area (Å²) in [6.45, 7) is 3.76. The number of aryl methyl sites for hydroxylation is 2. The number of nitrogens with zero attached hydrogens (tertiary/aromatic N) is 1. The van der Waals surface area contributed by atoms with Gasteiger partial charge in [0, 0.05) is 11.6 Å². The van der Waals surface area contributed by atoms with Crippen LogP contribution in [0.1, 0.15) is 23.1 Å². The minimum Gasteiger partial charge on any atom is -0.355 e. The predicted octanol–water partition coefficient (Wildman–Crippen LogP) is 4.90. The highest BCUT2D eigenvalue weighted by molar-refractivity contribution is 7.92. The first-order chi connectivity index (χ1) is 15.3. The smallest absolute Gasteiger partial charge is 0.264 e. The van der Waals surface area contributed by atoms with Crippen LogP contribution in [0.4, 0.5) is 5.69 Å². The van der Waals surface area contributed by atoms with Crippen molar-refractivity contribution in [1.29, 1.82) is 0 Å². The van der Waals surface area contributed by atoms with Crippen molar-refractivity contribution in [2.45, 2.75) is 31.6 Å². The lowest BCUT2D eigenvalue weighted by molar-refractivity contribution is -0.119. The van der Waals surface area contributed by atoms with Gasteiger partial charge in [0.1, 0.15) is 6.54 Å². The van der Waals surface area contributed by atoms with Gasteiger partial charge in [0.15, 0.2) is 0 Å². The summed E-state index contributed by atoms with van der Waals surface area (Å²) in [5, 5.41) is 3.28. The Kier molecular flexibility index (Phi) is 7.94. The summed E-state index contributed by atoms with van der Waals surface area (Å²) in [7, 11) is -3.96. The molecule has 0 fully saturated rings. The fourth-order valence-corrected chi connectivity index (χ4v) is 5.00. The van der Waals surface area contributed by atoms with Crippen LogP contribution in [0, 0.1) is 13.8 Å². The van der Waals surface area contributed by atoms with Crippen LogP contribution in [0.5, 0.6) is 0 Å². The van der Waals surface area contributed by atoms with Gasteiger partial charge in [-0.2, -0.15) is 0 Å². The zero-order valence-corrected chi connectivity index (χ0v) is 19.8. The second kappa shape index (κ2) is 10.7. The highest BCUT2D eigenvalue weighted by Gasteiger charge is 2.28. The van der Waals surface area contributed by atoms with E-state index in [9.17, 15) is 13.2 Å². The molecule has 0 saturated carbocycles. The SMILES string of the molecule is Cc1ccc(S(=O)(=O)N(CC(=O)NCCCc2ccccc2)c2cccc(Cl)c2C)cc1. The van der Waals surface area contributed by atoms with Gasteiger partial charge in [-0.25, -0.2) is 8.42 Å². The summed E-state index contributed by atoms with van der Waals surface area (Å²) in [5.41, 5.74) is 3.13. The van der Waals surface area contributed by atoms with Crippen molar-refractivity contribution >= 4 is 33.2 Å². The Hall–Kier alpha value is -2.83. The maximum atomic E-state index is 13.5. The first kappa shape index (κ1) is 23.8. The van der Waals surface area contributed by atoms with Crippen molar-refractivity contribution in [3.63, 3.8) is 0 Å². The molecule has 7 heteroatoms. The molecule has 3 aromatic rings. The molecule has 0 radical (unpaired) electrons. The number of halogens is 1. The van der Waals surface area contributed by atoms with Crippen LogP contribution in [0.2, 0.25) is 5.02 Å². The second-order valence-corrected chi connectivity index (χ2v) is 9.92. The van der Waals surface area contributed by atoms with E-state index in [0.29, 0.717) is 22.8 Å². The molecule has 0 aliphatic rings. The van der Waals surface area contributed by atoms with Crippen molar-refractivity contribution in [3.05, 3.63) is 94.5 Å². The van der Waals surface area contributed by atoms with Gasteiger partial charge in [-0.1, -0.05) is 65.7 Å². The normalized spacial score (nSPS) is 11.2. The van der Waals surface area contributed by atoms with Crippen molar-refractivity contribution < 1.29 is 13.2 Å². The number of nitrogens with one attached hydrogen (secondary N) is 1. The van der Waals surface area contributed by atoms with Gasteiger partial charge < -0.3 is 5.32 Å². The minimum atomic E-state index is -3.96. The molecule has 32 heavy (non-hydrogen) atoms. The number of carbonyl (C=O) groups excluding carboxylic acids is 1. The van der Waals surface area contributed by atoms with E-state index in [1.54, 1.807) is 49.4 Å². The molecule has 3 rings (SSSR count). The Morgan fingerprint density at radius 2 is 1.62 bits per heavy atom. The average Bonchev–Trinajstić information content (AvgIpc) is 2.78. The Morgan fingerprint density at radius 3 is 2.31 bits per heavy atom. The lowest BCUT2D eigenvalue weighted by atomic mass is 10.1. The van der Waals surface area contributed by atoms with Gasteiger partial charge in [-0.15, -0.1) is 0 Å². The van der Waals surface area contributed by atoms with Crippen molar-refractivity contribution in [2.75, 3.05) is 17.4 Å². The third kappa shape index (κ3) is 5.90. The maximum Gasteiger partial charge on any atom is 0.264 e. The van der Waals surface area contributed by atoms with E-state index in [1.165, 1.54) is 5.56 Å². The van der Waals surface area contributed by atoms with E-state index >= 15 is 0 Å². The van der Waals surface area contributed by atoms with Crippen LogP contribution in [0.15, 0.2) is 77.7 Å². The Morgan fingerprint density at radius 1 is 0.938 bits per heavy atom. The fourth-order valence-electron chi connectivity index (χ4n) is 3.35. The molecular formula is C25H27ClN2O3S. The quantitative estimate of drug-likeness (QED) is 0.452. The van der Waals surface area contributed by atoms with Crippen molar-refractivity contribution in [2.24, 2.45) is 0 Å². The first-order valence-corrected chi connectivity index (χ1v) is 12.3. The summed E-state index contributed by atoms with van der Waals surface area (Å²) in [6, 6.07) is 21.6. The molecule has 1 N–H and O–H groups in total. The number of amides is 1. The van der Waals surface area contributed by atoms with Crippen LogP contribution >= 0.6 is 11.6 Å². The molecule has 0 aromatic heterocycles. The number of hydrogen-bond acceptors (Lipinski definition) is 3. The molecule has 3 aromatic carbocycles. The standard InChI is InChI=1S/C25H27ClN2O3S/c1-19-13-15-22(16-14-19)32(30,31)28(24-12-6-11-23(26)20(24)2)18-25(29)27-17-7-10-21-8-4-3-5-9-21/h3-6,8-9,11-16H,7,10,17-18H2,1-2H3,(H,27,29). The lowest BCUT2D eigenvalue weighted by Gasteiger charge is -2.26. The fraction of sp³-hybridized carbons (Fsp3) is 0.240. The molecule has 1 amide bonds. The van der Waals surface area contributed by atoms with E-state index in [0.717, 1.165) is 22.7 Å². The third-order valence-electron chi connectivity index (χ3n) is 5.21. The highest BCUT2D eigenvalue weighted by atomic mass is 35.5. The largest absolute Gasteiger partial charge is 0.355 e. The summed E-state index contributed by atoms with van der Waals surface area (Å²) in [4.78, 5) is 12.8. The maximum absolute atomic E-state index is 13.5. The molecule has 0 atom stereocenters. The topological polar surface area (TPSA) is 66.5 Å². The predicted molar refractivity (Wildman–Crippen MR) is 130 cm³/mol. The number of carbonyl (C=O) groups is 1. The van der Waals surface area contributed by atoms with Crippen LogP contribution in [-0.4, -0.2) is 27.4 Å². The summed E-state index contributed by atoms with van der Waals surface area (Å²) < 4.78 is 28.1. The molecular weight excluding hydrogens is 444 g/mol. The monoisotopic (exact) mass is 470 g/mol. The number of hydrogen-bond donors (Lipinski definition) is 1. The van der Waals surface area contributed by atoms with Gasteiger partial charge >= 0.3 is 0 Å². The van der Waals surface area contributed by atoms with Gasteiger partial charge in [0.05, 0.1) is 10.6 Å². The molecule has 0 aliphatic heterocycles. The van der Waals surface area contributed by atoms with Crippen LogP contribution in [-0.2, 0) is 21.2 Å². The summed E-state index contributed by atoms with van der Waals surface area (Å²) in [6.07, 6.45) is 1.59. The minimum absolute atomic E-state index is 0.124. The van der Waals surface area contributed by atoms with Crippen molar-refractivity contribution in [3.8, 4) is 0 Å². The Labute approximate surface area is 195 Å². The average molecular weight is 471 g/mol. The van der Waals surface area contributed by atoms with Gasteiger partial charge in [0.2, 0.25) is 5.91 Å². The zero-order valence-electron chi connectivity index (χ0n) is 18.2. The molecule has 0 bridgehead atoms. The summed E-state index contributed by atoms with van der Waals surface area (Å²) in [5.74, 6) is -0.367. The highest BCUT2D eigenvalue weighted by Crippen LogP contribution is 2.30. The van der Waals surface area contributed by atoms with E-state index in [4.69, 9.17) is 11.6 Å². The molecule has 0 spiro atoms. The van der Waals surface area contributed by atoms with Gasteiger partial charge in [-0.05, 0) is 62.1 Å². The molecule has 168 valence electrons. The molecule has 5 nitrogen and oxygen atoms in total. The van der Waals surface area contributed by atoms with Crippen molar-refractivity contribution in [1.82, 2.24) is 5.32 Å². The Balaban J connectivity index is 1.77. The number of sulfonamides is 1. The van der Waals surface area contributed by atoms with Crippen LogP contribution in [0.25, 0.3) is 0 Å². The third-order valence-corrected chi connectivity index (χ3v) is 7.39. The van der Waals surface area contributed by atoms with Crippen LogP contribution in [0.3, 0.4) is 0 Å². The van der Waals surface area contributed by atoms with E-state index in [1.807, 2.05) is 37.3 Å². The number of benzene rings is 3. The Bertz CT molecular complexity index is 1160. The van der Waals surface area contributed by atoms with E-state index in [-0.39, 0.29) is 17.3 Å². The van der Waals surface area contributed by atoms with Crippen LogP contribution < -0.4 is 9.62 Å². The number of rotatable bonds is 9. The zero-order chi connectivity index (χ0) is 23.1. The number of anilines is 1. The van der Waals surface area contributed by atoms with Gasteiger partial charge in [0.25, 0.3) is 10.0 Å². The molecule has 0 aliphatic carbocycles. The lowest BCUT2D eigenvalue weighted by Crippen LogP contribution is -2.41. The second-order valence-electron chi connectivity index (χ2n) is 7.65. The molecule has 0 heterocycles. The van der Waals surface area contributed by atoms with Gasteiger partial charge in [-0.3, -0.25) is 9.10 Å². The summed E-state index contributed by atoms with van der Waals surface area (Å²) >= 11 is 6.25. The van der Waals surface area contributed by atoms with E-state index in [2.05, 4.69) is 5.32 Å². The molecule has 0 saturated heterocycles. The van der Waals surface area contributed by atoms with E-state index < -0.39 is 10.0 Å². The molecule has 0 unspecified atom stereocenters. The first-order valence-electron chi connectivity index (χ1n) is 10.4.